The number of carbonyl (C=O) groups excluding carboxylic acids is 3. The van der Waals surface area contributed by atoms with Crippen LogP contribution in [0.2, 0.25) is 0 Å². The van der Waals surface area contributed by atoms with Crippen LogP contribution in [0.1, 0.15) is 59.3 Å². The molecule has 0 aliphatic carbocycles. The molecule has 1 aromatic rings. The highest BCUT2D eigenvalue weighted by Crippen LogP contribution is 2.22. The number of H-pyrrole nitrogens is 1. The van der Waals surface area contributed by atoms with Gasteiger partial charge in [-0.15, -0.1) is 0 Å². The Balaban J connectivity index is 3.08. The van der Waals surface area contributed by atoms with Gasteiger partial charge in [0.15, 0.2) is 5.78 Å². The number of hydrogen-bond donors (Lipinski definition) is 1. The number of Topliss-reactive ketones (excluding diaryl/α,β-unsaturated/α-hetero) is 1. The molecular formula is C18H28N2O5. The zero-order chi connectivity index (χ0) is 19.1. The lowest BCUT2D eigenvalue weighted by Crippen LogP contribution is -2.43. The highest BCUT2D eigenvalue weighted by Gasteiger charge is 2.29. The van der Waals surface area contributed by atoms with E-state index in [4.69, 9.17) is 9.47 Å². The van der Waals surface area contributed by atoms with E-state index in [1.807, 2.05) is 0 Å². The summed E-state index contributed by atoms with van der Waals surface area (Å²) in [5.74, 6) is -0.860. The number of aromatic nitrogens is 1. The van der Waals surface area contributed by atoms with Crippen LogP contribution in [0.3, 0.4) is 0 Å². The summed E-state index contributed by atoms with van der Waals surface area (Å²) in [6.07, 6.45) is 0.646. The zero-order valence-electron chi connectivity index (χ0n) is 15.9. The summed E-state index contributed by atoms with van der Waals surface area (Å²) in [5, 5.41) is 0. The van der Waals surface area contributed by atoms with Gasteiger partial charge in [0, 0.05) is 38.4 Å². The van der Waals surface area contributed by atoms with E-state index in [9.17, 15) is 14.4 Å². The molecule has 140 valence electrons. The van der Waals surface area contributed by atoms with Gasteiger partial charge in [0.2, 0.25) is 5.91 Å². The van der Waals surface area contributed by atoms with Gasteiger partial charge < -0.3 is 19.4 Å². The molecule has 7 heteroatoms. The SMILES string of the molecule is CCOC(=O)c1[nH]c(C)c(C(=O)[C@@H](C)N(CCCOC)C(C)=O)c1C. The minimum absolute atomic E-state index is 0.173. The largest absolute Gasteiger partial charge is 0.461 e. The van der Waals surface area contributed by atoms with Crippen LogP contribution < -0.4 is 0 Å². The summed E-state index contributed by atoms with van der Waals surface area (Å²) in [6, 6.07) is -0.627. The predicted molar refractivity (Wildman–Crippen MR) is 93.9 cm³/mol. The number of hydrogen-bond acceptors (Lipinski definition) is 5. The van der Waals surface area contributed by atoms with Crippen LogP contribution in [-0.2, 0) is 14.3 Å². The lowest BCUT2D eigenvalue weighted by Gasteiger charge is -2.27. The fourth-order valence-corrected chi connectivity index (χ4v) is 2.88. The second-order valence-corrected chi connectivity index (χ2v) is 5.94. The molecule has 0 bridgehead atoms. The van der Waals surface area contributed by atoms with Gasteiger partial charge in [-0.25, -0.2) is 4.79 Å². The van der Waals surface area contributed by atoms with E-state index in [1.54, 1.807) is 34.8 Å². The number of amides is 1. The first kappa shape index (κ1) is 20.9. The van der Waals surface area contributed by atoms with Crippen LogP contribution in [0.4, 0.5) is 0 Å². The van der Waals surface area contributed by atoms with Gasteiger partial charge in [-0.3, -0.25) is 9.59 Å². The first-order valence-corrected chi connectivity index (χ1v) is 8.42. The monoisotopic (exact) mass is 352 g/mol. The Morgan fingerprint density at radius 2 is 1.88 bits per heavy atom. The topological polar surface area (TPSA) is 88.7 Å². The third kappa shape index (κ3) is 4.92. The van der Waals surface area contributed by atoms with Crippen LogP contribution >= 0.6 is 0 Å². The smallest absolute Gasteiger partial charge is 0.355 e. The Labute approximate surface area is 148 Å². The molecule has 0 aliphatic heterocycles. The second-order valence-electron chi connectivity index (χ2n) is 5.94. The molecule has 1 N–H and O–H groups in total. The zero-order valence-corrected chi connectivity index (χ0v) is 15.9. The highest BCUT2D eigenvalue weighted by molar-refractivity contribution is 6.06. The van der Waals surface area contributed by atoms with E-state index in [-0.39, 0.29) is 24.0 Å². The molecule has 25 heavy (non-hydrogen) atoms. The summed E-state index contributed by atoms with van der Waals surface area (Å²) in [7, 11) is 1.59. The number of aryl methyl sites for hydroxylation is 1. The maximum Gasteiger partial charge on any atom is 0.355 e. The Kier molecular flexibility index (Phi) is 7.83. The van der Waals surface area contributed by atoms with Gasteiger partial charge in [-0.1, -0.05) is 0 Å². The van der Waals surface area contributed by atoms with Gasteiger partial charge in [-0.2, -0.15) is 0 Å². The van der Waals surface area contributed by atoms with Crippen LogP contribution in [-0.4, -0.2) is 60.5 Å². The lowest BCUT2D eigenvalue weighted by atomic mass is 9.99. The second kappa shape index (κ2) is 9.36. The molecule has 0 radical (unpaired) electrons. The van der Waals surface area contributed by atoms with Crippen molar-refractivity contribution >= 4 is 17.7 Å². The molecule has 7 nitrogen and oxygen atoms in total. The van der Waals surface area contributed by atoms with E-state index >= 15 is 0 Å². The predicted octanol–water partition coefficient (Wildman–Crippen LogP) is 2.26. The molecular weight excluding hydrogens is 324 g/mol. The number of ketones is 1. The van der Waals surface area contributed by atoms with Gasteiger partial charge >= 0.3 is 5.97 Å². The molecule has 0 saturated heterocycles. The van der Waals surface area contributed by atoms with Crippen molar-refractivity contribution in [3.05, 3.63) is 22.5 Å². The Bertz CT molecular complexity index is 636. The molecule has 1 heterocycles. The van der Waals surface area contributed by atoms with E-state index in [0.717, 1.165) is 0 Å². The summed E-state index contributed by atoms with van der Waals surface area (Å²) in [5.41, 5.74) is 1.86. The fraction of sp³-hybridized carbons (Fsp3) is 0.611. The molecule has 0 spiro atoms. The number of aromatic amines is 1. The van der Waals surface area contributed by atoms with Crippen LogP contribution in [0.15, 0.2) is 0 Å². The fourth-order valence-electron chi connectivity index (χ4n) is 2.88. The number of methoxy groups -OCH3 is 1. The van der Waals surface area contributed by atoms with E-state index in [0.29, 0.717) is 36.4 Å². The molecule has 1 atom stereocenters. The number of ether oxygens (including phenoxy) is 2. The molecule has 0 aliphatic rings. The Morgan fingerprint density at radius 1 is 1.24 bits per heavy atom. The number of rotatable bonds is 9. The number of nitrogens with zero attached hydrogens (tertiary/aromatic N) is 1. The van der Waals surface area contributed by atoms with Crippen molar-refractivity contribution in [3.8, 4) is 0 Å². The van der Waals surface area contributed by atoms with E-state index < -0.39 is 12.0 Å². The van der Waals surface area contributed by atoms with Gasteiger partial charge in [0.1, 0.15) is 5.69 Å². The third-order valence-electron chi connectivity index (χ3n) is 4.16. The molecule has 0 unspecified atom stereocenters. The summed E-state index contributed by atoms with van der Waals surface area (Å²) in [6.45, 7) is 9.51. The van der Waals surface area contributed by atoms with Crippen molar-refractivity contribution in [2.75, 3.05) is 26.9 Å². The maximum atomic E-state index is 13.0. The highest BCUT2D eigenvalue weighted by atomic mass is 16.5. The normalized spacial score (nSPS) is 11.9. The minimum Gasteiger partial charge on any atom is -0.461 e. The van der Waals surface area contributed by atoms with Crippen LogP contribution in [0.5, 0.6) is 0 Å². The van der Waals surface area contributed by atoms with E-state index in [1.165, 1.54) is 11.8 Å². The summed E-state index contributed by atoms with van der Waals surface area (Å²) in [4.78, 5) is 41.4. The lowest BCUT2D eigenvalue weighted by molar-refractivity contribution is -0.130. The number of esters is 1. The molecule has 1 aromatic heterocycles. The number of carbonyl (C=O) groups is 3. The Morgan fingerprint density at radius 3 is 2.40 bits per heavy atom. The average molecular weight is 352 g/mol. The minimum atomic E-state index is -0.627. The first-order chi connectivity index (χ1) is 11.8. The van der Waals surface area contributed by atoms with Crippen LogP contribution in [0.25, 0.3) is 0 Å². The maximum absolute atomic E-state index is 13.0. The van der Waals surface area contributed by atoms with Crippen molar-refractivity contribution in [2.24, 2.45) is 0 Å². The van der Waals surface area contributed by atoms with Crippen molar-refractivity contribution in [1.82, 2.24) is 9.88 Å². The molecule has 1 rings (SSSR count). The average Bonchev–Trinajstić information content (AvgIpc) is 2.85. The molecule has 0 aromatic carbocycles. The summed E-state index contributed by atoms with van der Waals surface area (Å²) >= 11 is 0. The van der Waals surface area contributed by atoms with Crippen molar-refractivity contribution < 1.29 is 23.9 Å². The van der Waals surface area contributed by atoms with Crippen LogP contribution in [0, 0.1) is 13.8 Å². The molecule has 0 saturated carbocycles. The van der Waals surface area contributed by atoms with E-state index in [2.05, 4.69) is 4.98 Å². The Hall–Kier alpha value is -2.15. The molecule has 1 amide bonds. The summed E-state index contributed by atoms with van der Waals surface area (Å²) < 4.78 is 10.0. The first-order valence-electron chi connectivity index (χ1n) is 8.42. The number of nitrogens with one attached hydrogen (secondary N) is 1. The van der Waals surface area contributed by atoms with Gasteiger partial charge in [0.05, 0.1) is 12.6 Å². The van der Waals surface area contributed by atoms with Crippen molar-refractivity contribution in [3.63, 3.8) is 0 Å². The molecule has 0 fully saturated rings. The van der Waals surface area contributed by atoms with Crippen molar-refractivity contribution in [2.45, 2.75) is 47.1 Å². The van der Waals surface area contributed by atoms with Gasteiger partial charge in [0.25, 0.3) is 0 Å². The van der Waals surface area contributed by atoms with Crippen molar-refractivity contribution in [1.29, 1.82) is 0 Å². The third-order valence-corrected chi connectivity index (χ3v) is 4.16. The standard InChI is InChI=1S/C18H28N2O5/c1-7-25-18(23)16-11(2)15(12(3)19-16)17(22)13(4)20(14(5)21)9-8-10-24-6/h13,19H,7-10H2,1-6H3/t13-/m1/s1. The quantitative estimate of drug-likeness (QED) is 0.418. The van der Waals surface area contributed by atoms with Gasteiger partial charge in [-0.05, 0) is 39.7 Å².